The molecule has 0 bridgehead atoms. The lowest BCUT2D eigenvalue weighted by Gasteiger charge is -2.19. The molecule has 0 amide bonds. The van der Waals surface area contributed by atoms with Gasteiger partial charge < -0.3 is 10.4 Å². The Bertz CT molecular complexity index is 358. The van der Waals surface area contributed by atoms with Crippen LogP contribution in [-0.4, -0.2) is 11.7 Å². The summed E-state index contributed by atoms with van der Waals surface area (Å²) in [4.78, 5) is 0. The van der Waals surface area contributed by atoms with Crippen molar-refractivity contribution in [1.82, 2.24) is 5.32 Å². The molecule has 100 valence electrons. The molecule has 0 spiro atoms. The summed E-state index contributed by atoms with van der Waals surface area (Å²) in [6.07, 6.45) is 7.96. The largest absolute Gasteiger partial charge is 0.508 e. The van der Waals surface area contributed by atoms with Crippen molar-refractivity contribution in [2.24, 2.45) is 5.92 Å². The third kappa shape index (κ3) is 3.49. The van der Waals surface area contributed by atoms with Crippen molar-refractivity contribution in [3.8, 4) is 5.75 Å². The number of phenols is 1. The van der Waals surface area contributed by atoms with E-state index in [1.54, 1.807) is 6.07 Å². The zero-order chi connectivity index (χ0) is 12.8. The van der Waals surface area contributed by atoms with E-state index in [-0.39, 0.29) is 6.04 Å². The maximum atomic E-state index is 9.88. The third-order valence-corrected chi connectivity index (χ3v) is 4.14. The summed E-state index contributed by atoms with van der Waals surface area (Å²) in [5, 5.41) is 13.5. The van der Waals surface area contributed by atoms with Crippen LogP contribution >= 0.6 is 0 Å². The Morgan fingerprint density at radius 2 is 2.00 bits per heavy atom. The van der Waals surface area contributed by atoms with Crippen LogP contribution in [0.5, 0.6) is 5.75 Å². The predicted molar refractivity (Wildman–Crippen MR) is 75.7 cm³/mol. The summed E-state index contributed by atoms with van der Waals surface area (Å²) in [5.41, 5.74) is 1.03. The second kappa shape index (κ2) is 6.79. The first kappa shape index (κ1) is 13.4. The minimum Gasteiger partial charge on any atom is -0.508 e. The number of aromatic hydroxyl groups is 1. The van der Waals surface area contributed by atoms with E-state index in [4.69, 9.17) is 0 Å². The molecule has 1 aromatic carbocycles. The highest BCUT2D eigenvalue weighted by Crippen LogP contribution is 2.28. The van der Waals surface area contributed by atoms with Crippen LogP contribution in [0.3, 0.4) is 0 Å². The Morgan fingerprint density at radius 3 is 2.67 bits per heavy atom. The first-order chi connectivity index (χ1) is 8.81. The van der Waals surface area contributed by atoms with Gasteiger partial charge in [-0.2, -0.15) is 0 Å². The Balaban J connectivity index is 1.83. The summed E-state index contributed by atoms with van der Waals surface area (Å²) in [6.45, 7) is 3.23. The van der Waals surface area contributed by atoms with Gasteiger partial charge in [0.1, 0.15) is 5.75 Å². The SMILES string of the molecule is CCC(NCCC1CCCC1)c1ccccc1O. The van der Waals surface area contributed by atoms with Crippen molar-refractivity contribution in [2.75, 3.05) is 6.54 Å². The van der Waals surface area contributed by atoms with Crippen molar-refractivity contribution in [3.63, 3.8) is 0 Å². The molecule has 1 unspecified atom stereocenters. The van der Waals surface area contributed by atoms with Crippen LogP contribution < -0.4 is 5.32 Å². The molecule has 0 aliphatic heterocycles. The number of para-hydroxylation sites is 1. The van der Waals surface area contributed by atoms with Crippen molar-refractivity contribution in [3.05, 3.63) is 29.8 Å². The zero-order valence-corrected chi connectivity index (χ0v) is 11.4. The van der Waals surface area contributed by atoms with Gasteiger partial charge in [-0.1, -0.05) is 50.8 Å². The summed E-state index contributed by atoms with van der Waals surface area (Å²) in [6, 6.07) is 7.95. The van der Waals surface area contributed by atoms with Gasteiger partial charge in [0.05, 0.1) is 0 Å². The van der Waals surface area contributed by atoms with Crippen molar-refractivity contribution in [2.45, 2.75) is 51.5 Å². The average Bonchev–Trinajstić information content (AvgIpc) is 2.89. The summed E-state index contributed by atoms with van der Waals surface area (Å²) < 4.78 is 0. The lowest BCUT2D eigenvalue weighted by molar-refractivity contribution is 0.418. The highest BCUT2D eigenvalue weighted by atomic mass is 16.3. The maximum absolute atomic E-state index is 9.88. The van der Waals surface area contributed by atoms with Crippen LogP contribution in [0.4, 0.5) is 0 Å². The van der Waals surface area contributed by atoms with Crippen LogP contribution in [0.25, 0.3) is 0 Å². The minimum atomic E-state index is 0.285. The second-order valence-corrected chi connectivity index (χ2v) is 5.41. The summed E-state index contributed by atoms with van der Waals surface area (Å²) >= 11 is 0. The van der Waals surface area contributed by atoms with Crippen LogP contribution in [-0.2, 0) is 0 Å². The molecule has 1 fully saturated rings. The number of hydrogen-bond donors (Lipinski definition) is 2. The van der Waals surface area contributed by atoms with Crippen molar-refractivity contribution >= 4 is 0 Å². The van der Waals surface area contributed by atoms with Gasteiger partial charge in [-0.05, 0) is 31.4 Å². The first-order valence-corrected chi connectivity index (χ1v) is 7.32. The van der Waals surface area contributed by atoms with E-state index >= 15 is 0 Å². The van der Waals surface area contributed by atoms with Crippen molar-refractivity contribution < 1.29 is 5.11 Å². The molecule has 2 nitrogen and oxygen atoms in total. The van der Waals surface area contributed by atoms with E-state index in [0.717, 1.165) is 24.4 Å². The smallest absolute Gasteiger partial charge is 0.120 e. The molecule has 18 heavy (non-hydrogen) atoms. The number of benzene rings is 1. The van der Waals surface area contributed by atoms with Gasteiger partial charge in [0.25, 0.3) is 0 Å². The topological polar surface area (TPSA) is 32.3 Å². The number of hydrogen-bond acceptors (Lipinski definition) is 2. The van der Waals surface area contributed by atoms with E-state index in [9.17, 15) is 5.11 Å². The van der Waals surface area contributed by atoms with Gasteiger partial charge in [0.15, 0.2) is 0 Å². The third-order valence-electron chi connectivity index (χ3n) is 4.14. The Kier molecular flexibility index (Phi) is 5.06. The summed E-state index contributed by atoms with van der Waals surface area (Å²) in [5.74, 6) is 1.34. The minimum absolute atomic E-state index is 0.285. The molecule has 2 rings (SSSR count). The maximum Gasteiger partial charge on any atom is 0.120 e. The average molecular weight is 247 g/mol. The lowest BCUT2D eigenvalue weighted by Crippen LogP contribution is -2.23. The fourth-order valence-corrected chi connectivity index (χ4v) is 3.02. The number of phenolic OH excluding ortho intramolecular Hbond substituents is 1. The molecule has 1 aliphatic rings. The van der Waals surface area contributed by atoms with Crippen LogP contribution in [0.15, 0.2) is 24.3 Å². The Labute approximate surface area is 110 Å². The number of rotatable bonds is 6. The van der Waals surface area contributed by atoms with Gasteiger partial charge in [-0.25, -0.2) is 0 Å². The van der Waals surface area contributed by atoms with E-state index in [0.29, 0.717) is 5.75 Å². The zero-order valence-electron chi connectivity index (χ0n) is 11.4. The quantitative estimate of drug-likeness (QED) is 0.796. The van der Waals surface area contributed by atoms with Crippen LogP contribution in [0.2, 0.25) is 0 Å². The fourth-order valence-electron chi connectivity index (χ4n) is 3.02. The van der Waals surface area contributed by atoms with Gasteiger partial charge >= 0.3 is 0 Å². The van der Waals surface area contributed by atoms with Gasteiger partial charge in [-0.15, -0.1) is 0 Å². The molecular formula is C16H25NO. The molecule has 1 aromatic rings. The van der Waals surface area contributed by atoms with E-state index in [2.05, 4.69) is 12.2 Å². The van der Waals surface area contributed by atoms with Crippen LogP contribution in [0, 0.1) is 5.92 Å². The molecule has 0 aromatic heterocycles. The molecule has 1 aliphatic carbocycles. The lowest BCUT2D eigenvalue weighted by atomic mass is 10.0. The molecule has 1 atom stereocenters. The highest BCUT2D eigenvalue weighted by molar-refractivity contribution is 5.34. The van der Waals surface area contributed by atoms with E-state index in [1.165, 1.54) is 32.1 Å². The standard InChI is InChI=1S/C16H25NO/c1-2-15(14-9-5-6-10-16(14)18)17-12-11-13-7-3-4-8-13/h5-6,9-10,13,15,17-18H,2-4,7-8,11-12H2,1H3. The molecular weight excluding hydrogens is 222 g/mol. The second-order valence-electron chi connectivity index (χ2n) is 5.41. The van der Waals surface area contributed by atoms with Crippen LogP contribution in [0.1, 0.15) is 57.1 Å². The Hall–Kier alpha value is -1.02. The normalized spacial score (nSPS) is 18.1. The molecule has 0 heterocycles. The summed E-state index contributed by atoms with van der Waals surface area (Å²) in [7, 11) is 0. The van der Waals surface area contributed by atoms with E-state index < -0.39 is 0 Å². The van der Waals surface area contributed by atoms with E-state index in [1.807, 2.05) is 18.2 Å². The fraction of sp³-hybridized carbons (Fsp3) is 0.625. The predicted octanol–water partition coefficient (Wildman–Crippen LogP) is 4.01. The van der Waals surface area contributed by atoms with Gasteiger partial charge in [0, 0.05) is 11.6 Å². The highest BCUT2D eigenvalue weighted by Gasteiger charge is 2.16. The monoisotopic (exact) mass is 247 g/mol. The molecule has 1 saturated carbocycles. The van der Waals surface area contributed by atoms with Gasteiger partial charge in [-0.3, -0.25) is 0 Å². The first-order valence-electron chi connectivity index (χ1n) is 7.32. The van der Waals surface area contributed by atoms with Gasteiger partial charge in [0.2, 0.25) is 0 Å². The van der Waals surface area contributed by atoms with Crippen molar-refractivity contribution in [1.29, 1.82) is 0 Å². The molecule has 0 saturated heterocycles. The molecule has 2 heteroatoms. The molecule has 0 radical (unpaired) electrons. The Morgan fingerprint density at radius 1 is 1.28 bits per heavy atom. The molecule has 2 N–H and O–H groups in total. The number of nitrogens with one attached hydrogen (secondary N) is 1.